The van der Waals surface area contributed by atoms with Gasteiger partial charge in [-0.25, -0.2) is 0 Å². The van der Waals surface area contributed by atoms with E-state index in [1.54, 1.807) is 5.56 Å². The van der Waals surface area contributed by atoms with Gasteiger partial charge >= 0.3 is 0 Å². The van der Waals surface area contributed by atoms with E-state index in [0.717, 1.165) is 13.1 Å². The Kier molecular flexibility index (Phi) is 2.69. The van der Waals surface area contributed by atoms with Gasteiger partial charge in [0.2, 0.25) is 0 Å². The van der Waals surface area contributed by atoms with Crippen LogP contribution in [-0.4, -0.2) is 44.7 Å². The molecular formula is C17H23N3. The van der Waals surface area contributed by atoms with Crippen molar-refractivity contribution in [3.63, 3.8) is 0 Å². The summed E-state index contributed by atoms with van der Waals surface area (Å²) >= 11 is 0. The van der Waals surface area contributed by atoms with Gasteiger partial charge in [-0.2, -0.15) is 0 Å². The van der Waals surface area contributed by atoms with E-state index < -0.39 is 0 Å². The van der Waals surface area contributed by atoms with Crippen LogP contribution in [0.25, 0.3) is 5.57 Å². The van der Waals surface area contributed by atoms with Gasteiger partial charge in [-0.05, 0) is 42.8 Å². The molecule has 3 aliphatic rings. The smallest absolute Gasteiger partial charge is 0.0406 e. The first-order valence-electron chi connectivity index (χ1n) is 7.65. The molecule has 1 aliphatic carbocycles. The van der Waals surface area contributed by atoms with Crippen LogP contribution in [0.5, 0.6) is 0 Å². The Morgan fingerprint density at radius 1 is 1.25 bits per heavy atom. The van der Waals surface area contributed by atoms with Crippen LogP contribution in [0, 0.1) is 5.92 Å². The van der Waals surface area contributed by atoms with Crippen molar-refractivity contribution >= 4 is 11.3 Å². The Bertz CT molecular complexity index is 578. The molecule has 20 heavy (non-hydrogen) atoms. The first-order chi connectivity index (χ1) is 9.69. The van der Waals surface area contributed by atoms with Gasteiger partial charge in [-0.15, -0.1) is 0 Å². The van der Waals surface area contributed by atoms with Crippen molar-refractivity contribution in [2.45, 2.75) is 18.4 Å². The molecule has 0 saturated heterocycles. The third-order valence-electron chi connectivity index (χ3n) is 5.35. The minimum Gasteiger partial charge on any atom is -0.374 e. The predicted molar refractivity (Wildman–Crippen MR) is 84.0 cm³/mol. The third-order valence-corrected chi connectivity index (χ3v) is 5.35. The lowest BCUT2D eigenvalue weighted by molar-refractivity contribution is 0.229. The molecule has 0 fully saturated rings. The highest BCUT2D eigenvalue weighted by atomic mass is 15.2. The van der Waals surface area contributed by atoms with E-state index in [1.807, 2.05) is 0 Å². The largest absolute Gasteiger partial charge is 0.374 e. The summed E-state index contributed by atoms with van der Waals surface area (Å²) in [6.45, 7) is 3.02. The van der Waals surface area contributed by atoms with Gasteiger partial charge in [0.15, 0.2) is 0 Å². The van der Waals surface area contributed by atoms with Crippen LogP contribution in [0.2, 0.25) is 0 Å². The molecule has 1 aromatic carbocycles. The highest BCUT2D eigenvalue weighted by molar-refractivity contribution is 5.81. The SMILES string of the molecule is CN1CC2C[C@@H]3C(=C[C@@H](CN)CN3C)c3cccc1c32. The highest BCUT2D eigenvalue weighted by Crippen LogP contribution is 2.49. The molecule has 1 unspecified atom stereocenters. The number of benzene rings is 1. The molecule has 2 heterocycles. The number of hydrogen-bond acceptors (Lipinski definition) is 3. The van der Waals surface area contributed by atoms with Crippen molar-refractivity contribution in [1.29, 1.82) is 0 Å². The van der Waals surface area contributed by atoms with Crippen molar-refractivity contribution in [2.75, 3.05) is 38.6 Å². The molecule has 3 nitrogen and oxygen atoms in total. The standard InChI is InChI=1S/C17H23N3/c1-19-9-11(8-18)6-14-13-4-3-5-15-17(13)12(7-16(14)19)10-20(15)2/h3-6,11-12,16H,7-10,18H2,1-2H3/t11-,12?,16+/m0/s1. The van der Waals surface area contributed by atoms with Crippen LogP contribution in [0.15, 0.2) is 24.3 Å². The van der Waals surface area contributed by atoms with E-state index in [-0.39, 0.29) is 0 Å². The summed E-state index contributed by atoms with van der Waals surface area (Å²) < 4.78 is 0. The normalized spacial score (nSPS) is 31.9. The van der Waals surface area contributed by atoms with Gasteiger partial charge in [0.05, 0.1) is 0 Å². The summed E-state index contributed by atoms with van der Waals surface area (Å²) in [6, 6.07) is 7.38. The predicted octanol–water partition coefficient (Wildman–Crippen LogP) is 1.90. The molecule has 0 saturated carbocycles. The van der Waals surface area contributed by atoms with E-state index in [4.69, 9.17) is 5.73 Å². The Hall–Kier alpha value is -1.32. The molecule has 0 radical (unpaired) electrons. The number of likely N-dealkylation sites (N-methyl/N-ethyl adjacent to an activating group) is 2. The molecule has 106 valence electrons. The molecule has 3 heteroatoms. The van der Waals surface area contributed by atoms with Gasteiger partial charge in [0.25, 0.3) is 0 Å². The second kappa shape index (κ2) is 4.34. The van der Waals surface area contributed by atoms with Crippen LogP contribution < -0.4 is 10.6 Å². The number of fused-ring (bicyclic) bond motifs is 2. The summed E-state index contributed by atoms with van der Waals surface area (Å²) in [7, 11) is 4.48. The Labute approximate surface area is 121 Å². The minimum atomic E-state index is 0.498. The second-order valence-corrected chi connectivity index (χ2v) is 6.62. The zero-order valence-electron chi connectivity index (χ0n) is 12.3. The van der Waals surface area contributed by atoms with Crippen molar-refractivity contribution in [2.24, 2.45) is 11.7 Å². The molecule has 2 aliphatic heterocycles. The van der Waals surface area contributed by atoms with E-state index >= 15 is 0 Å². The fraction of sp³-hybridized carbons (Fsp3) is 0.529. The van der Waals surface area contributed by atoms with Crippen LogP contribution in [0.3, 0.4) is 0 Å². The van der Waals surface area contributed by atoms with Crippen molar-refractivity contribution in [1.82, 2.24) is 4.90 Å². The van der Waals surface area contributed by atoms with Gasteiger partial charge in [0, 0.05) is 43.7 Å². The van der Waals surface area contributed by atoms with E-state index in [2.05, 4.69) is 48.2 Å². The van der Waals surface area contributed by atoms with Crippen LogP contribution in [0.4, 0.5) is 5.69 Å². The maximum atomic E-state index is 5.92. The molecular weight excluding hydrogens is 246 g/mol. The summed E-state index contributed by atoms with van der Waals surface area (Å²) in [6.07, 6.45) is 3.71. The van der Waals surface area contributed by atoms with Crippen molar-refractivity contribution < 1.29 is 0 Å². The lowest BCUT2D eigenvalue weighted by atomic mass is 9.74. The number of hydrogen-bond donors (Lipinski definition) is 1. The maximum Gasteiger partial charge on any atom is 0.0406 e. The Morgan fingerprint density at radius 2 is 2.10 bits per heavy atom. The van der Waals surface area contributed by atoms with Crippen LogP contribution in [-0.2, 0) is 0 Å². The van der Waals surface area contributed by atoms with Crippen LogP contribution in [0.1, 0.15) is 23.5 Å². The molecule has 4 rings (SSSR count). The maximum absolute atomic E-state index is 5.92. The lowest BCUT2D eigenvalue weighted by Crippen LogP contribution is -2.44. The quantitative estimate of drug-likeness (QED) is 0.845. The molecule has 3 atom stereocenters. The highest BCUT2D eigenvalue weighted by Gasteiger charge is 2.40. The zero-order valence-corrected chi connectivity index (χ0v) is 12.3. The number of rotatable bonds is 1. The van der Waals surface area contributed by atoms with Crippen molar-refractivity contribution in [3.05, 3.63) is 35.4 Å². The fourth-order valence-electron chi connectivity index (χ4n) is 4.42. The number of nitrogens with two attached hydrogens (primary N) is 1. The fourth-order valence-corrected chi connectivity index (χ4v) is 4.42. The summed E-state index contributed by atoms with van der Waals surface area (Å²) in [4.78, 5) is 4.93. The second-order valence-electron chi connectivity index (χ2n) is 6.62. The molecule has 2 N–H and O–H groups in total. The average molecular weight is 269 g/mol. The molecule has 0 bridgehead atoms. The first kappa shape index (κ1) is 12.4. The molecule has 0 spiro atoms. The average Bonchev–Trinajstić information content (AvgIpc) is 2.78. The Balaban J connectivity index is 1.88. The first-order valence-corrected chi connectivity index (χ1v) is 7.65. The minimum absolute atomic E-state index is 0.498. The molecule has 0 amide bonds. The van der Waals surface area contributed by atoms with E-state index in [1.165, 1.54) is 29.8 Å². The van der Waals surface area contributed by atoms with E-state index in [0.29, 0.717) is 17.9 Å². The summed E-state index contributed by atoms with van der Waals surface area (Å²) in [5.41, 5.74) is 12.0. The zero-order chi connectivity index (χ0) is 13.9. The number of nitrogens with zero attached hydrogens (tertiary/aromatic N) is 2. The van der Waals surface area contributed by atoms with Gasteiger partial charge in [0.1, 0.15) is 0 Å². The third kappa shape index (κ3) is 1.60. The van der Waals surface area contributed by atoms with Gasteiger partial charge in [-0.3, -0.25) is 4.90 Å². The van der Waals surface area contributed by atoms with Gasteiger partial charge in [-0.1, -0.05) is 18.2 Å². The topological polar surface area (TPSA) is 32.5 Å². The lowest BCUT2D eigenvalue weighted by Gasteiger charge is -2.42. The van der Waals surface area contributed by atoms with E-state index in [9.17, 15) is 0 Å². The summed E-state index contributed by atoms with van der Waals surface area (Å²) in [5.74, 6) is 1.20. The van der Waals surface area contributed by atoms with Crippen LogP contribution >= 0.6 is 0 Å². The van der Waals surface area contributed by atoms with Crippen molar-refractivity contribution in [3.8, 4) is 0 Å². The number of anilines is 1. The Morgan fingerprint density at radius 3 is 2.90 bits per heavy atom. The van der Waals surface area contributed by atoms with Gasteiger partial charge < -0.3 is 10.6 Å². The molecule has 0 aromatic heterocycles. The summed E-state index contributed by atoms with van der Waals surface area (Å²) in [5, 5.41) is 0. The monoisotopic (exact) mass is 269 g/mol. The molecule has 1 aromatic rings.